The molecule has 1 aliphatic rings. The lowest BCUT2D eigenvalue weighted by molar-refractivity contribution is -0.138. The summed E-state index contributed by atoms with van der Waals surface area (Å²) in [5.41, 5.74) is 0.263. The fraction of sp³-hybridized carbons (Fsp3) is 0.706. The number of Topliss-reactive ketones (excluding diaryl/α,β-unsaturated/α-hetero) is 1. The maximum Gasteiger partial charge on any atom is 0.328 e. The van der Waals surface area contributed by atoms with E-state index in [2.05, 4.69) is 4.99 Å². The van der Waals surface area contributed by atoms with Crippen LogP contribution in [0.5, 0.6) is 0 Å². The van der Waals surface area contributed by atoms with E-state index in [1.807, 2.05) is 27.7 Å². The molecule has 0 amide bonds. The third kappa shape index (κ3) is 4.97. The van der Waals surface area contributed by atoms with Gasteiger partial charge >= 0.3 is 5.97 Å². The Labute approximate surface area is 132 Å². The first-order valence-electron chi connectivity index (χ1n) is 7.76. The van der Waals surface area contributed by atoms with Crippen LogP contribution in [0.4, 0.5) is 0 Å². The summed E-state index contributed by atoms with van der Waals surface area (Å²) in [7, 11) is 0. The molecule has 0 spiro atoms. The summed E-state index contributed by atoms with van der Waals surface area (Å²) in [6.07, 6.45) is 1.92. The van der Waals surface area contributed by atoms with Gasteiger partial charge in [0, 0.05) is 18.6 Å². The second-order valence-corrected chi connectivity index (χ2v) is 7.30. The maximum absolute atomic E-state index is 12.2. The fourth-order valence-electron chi connectivity index (χ4n) is 2.73. The molecule has 0 saturated heterocycles. The van der Waals surface area contributed by atoms with E-state index in [1.165, 1.54) is 0 Å². The second kappa shape index (κ2) is 7.07. The van der Waals surface area contributed by atoms with E-state index in [0.29, 0.717) is 30.9 Å². The zero-order valence-corrected chi connectivity index (χ0v) is 14.1. The monoisotopic (exact) mass is 309 g/mol. The van der Waals surface area contributed by atoms with Crippen LogP contribution in [0, 0.1) is 11.3 Å². The van der Waals surface area contributed by atoms with Crippen LogP contribution < -0.4 is 0 Å². The summed E-state index contributed by atoms with van der Waals surface area (Å²) in [5, 5.41) is 19.4. The lowest BCUT2D eigenvalue weighted by Crippen LogP contribution is -2.29. The van der Waals surface area contributed by atoms with Gasteiger partial charge in [-0.2, -0.15) is 0 Å². The van der Waals surface area contributed by atoms with E-state index >= 15 is 0 Å². The molecular formula is C17H27NO4. The highest BCUT2D eigenvalue weighted by atomic mass is 16.4. The standard InChI is InChI=1S/C17H27NO4/c1-10(2)6-7-12(16(21)22)18-11(3)15-13(19)8-17(4,5)9-14(15)20/h10,12,19H,6-9H2,1-5H3,(H,21,22)/t12-/m0/s1. The zero-order chi connectivity index (χ0) is 17.1. The molecule has 5 heteroatoms. The molecule has 1 rings (SSSR count). The Balaban J connectivity index is 3.03. The topological polar surface area (TPSA) is 87.0 Å². The predicted octanol–water partition coefficient (Wildman–Crippen LogP) is 3.54. The normalized spacial score (nSPS) is 20.5. The van der Waals surface area contributed by atoms with Crippen molar-refractivity contribution in [1.29, 1.82) is 0 Å². The molecular weight excluding hydrogens is 282 g/mol. The Morgan fingerprint density at radius 2 is 1.86 bits per heavy atom. The summed E-state index contributed by atoms with van der Waals surface area (Å²) in [6, 6.07) is -0.870. The van der Waals surface area contributed by atoms with Crippen molar-refractivity contribution in [2.45, 2.75) is 66.3 Å². The van der Waals surface area contributed by atoms with Crippen molar-refractivity contribution >= 4 is 17.5 Å². The van der Waals surface area contributed by atoms with Crippen molar-refractivity contribution < 1.29 is 19.8 Å². The van der Waals surface area contributed by atoms with Crippen LogP contribution in [-0.2, 0) is 9.59 Å². The maximum atomic E-state index is 12.2. The quantitative estimate of drug-likeness (QED) is 0.735. The summed E-state index contributed by atoms with van der Waals surface area (Å²) >= 11 is 0. The van der Waals surface area contributed by atoms with Gasteiger partial charge in [0.25, 0.3) is 0 Å². The third-order valence-corrected chi connectivity index (χ3v) is 3.87. The van der Waals surface area contributed by atoms with Crippen LogP contribution in [0.25, 0.3) is 0 Å². The second-order valence-electron chi connectivity index (χ2n) is 7.30. The molecule has 22 heavy (non-hydrogen) atoms. The minimum Gasteiger partial charge on any atom is -0.511 e. The number of rotatable bonds is 6. The number of hydrogen-bond donors (Lipinski definition) is 2. The molecule has 0 saturated carbocycles. The van der Waals surface area contributed by atoms with E-state index < -0.39 is 12.0 Å². The number of aliphatic hydroxyl groups excluding tert-OH is 1. The molecule has 1 atom stereocenters. The molecule has 0 aromatic heterocycles. The average molecular weight is 309 g/mol. The Kier molecular flexibility index (Phi) is 5.92. The van der Waals surface area contributed by atoms with Crippen LogP contribution >= 0.6 is 0 Å². The number of carbonyl (C=O) groups excluding carboxylic acids is 1. The van der Waals surface area contributed by atoms with Gasteiger partial charge in [-0.3, -0.25) is 9.79 Å². The Morgan fingerprint density at radius 1 is 1.27 bits per heavy atom. The number of aliphatic carboxylic acids is 1. The van der Waals surface area contributed by atoms with Crippen LogP contribution in [0.2, 0.25) is 0 Å². The van der Waals surface area contributed by atoms with Gasteiger partial charge in [-0.15, -0.1) is 0 Å². The third-order valence-electron chi connectivity index (χ3n) is 3.87. The summed E-state index contributed by atoms with van der Waals surface area (Å²) < 4.78 is 0. The highest BCUT2D eigenvalue weighted by Gasteiger charge is 2.34. The molecule has 0 unspecified atom stereocenters. The van der Waals surface area contributed by atoms with Crippen LogP contribution in [0.3, 0.4) is 0 Å². The molecule has 124 valence electrons. The van der Waals surface area contributed by atoms with Crippen molar-refractivity contribution in [3.05, 3.63) is 11.3 Å². The number of hydrogen-bond acceptors (Lipinski definition) is 4. The predicted molar refractivity (Wildman–Crippen MR) is 86.3 cm³/mol. The van der Waals surface area contributed by atoms with Gasteiger partial charge in [-0.05, 0) is 31.1 Å². The van der Waals surface area contributed by atoms with Gasteiger partial charge in [0.15, 0.2) is 5.78 Å². The fourth-order valence-corrected chi connectivity index (χ4v) is 2.73. The van der Waals surface area contributed by atoms with Crippen LogP contribution in [0.15, 0.2) is 16.3 Å². The molecule has 0 radical (unpaired) electrons. The van der Waals surface area contributed by atoms with Crippen LogP contribution in [-0.4, -0.2) is 33.7 Å². The number of carbonyl (C=O) groups is 2. The van der Waals surface area contributed by atoms with E-state index in [9.17, 15) is 19.8 Å². The van der Waals surface area contributed by atoms with Crippen molar-refractivity contribution in [1.82, 2.24) is 0 Å². The number of aliphatic hydroxyl groups is 1. The van der Waals surface area contributed by atoms with Crippen molar-refractivity contribution in [2.24, 2.45) is 16.3 Å². The van der Waals surface area contributed by atoms with Crippen molar-refractivity contribution in [2.75, 3.05) is 0 Å². The van der Waals surface area contributed by atoms with E-state index in [1.54, 1.807) is 6.92 Å². The lowest BCUT2D eigenvalue weighted by Gasteiger charge is -2.29. The van der Waals surface area contributed by atoms with Gasteiger partial charge in [-0.25, -0.2) is 4.79 Å². The number of allylic oxidation sites excluding steroid dienone is 2. The average Bonchev–Trinajstić information content (AvgIpc) is 2.30. The molecule has 1 aliphatic carbocycles. The highest BCUT2D eigenvalue weighted by Crippen LogP contribution is 2.36. The minimum absolute atomic E-state index is 0.0236. The number of nitrogens with zero attached hydrogens (tertiary/aromatic N) is 1. The van der Waals surface area contributed by atoms with Gasteiger partial charge in [0.2, 0.25) is 0 Å². The SMILES string of the molecule is CC(=N[C@@H](CCC(C)C)C(=O)O)C1=C(O)CC(C)(C)CC1=O. The molecule has 0 aromatic rings. The number of ketones is 1. The van der Waals surface area contributed by atoms with Crippen LogP contribution in [0.1, 0.15) is 60.3 Å². The molecule has 0 heterocycles. The molecule has 5 nitrogen and oxygen atoms in total. The largest absolute Gasteiger partial charge is 0.511 e. The molecule has 0 fully saturated rings. The summed E-state index contributed by atoms with van der Waals surface area (Å²) in [6.45, 7) is 9.50. The van der Waals surface area contributed by atoms with E-state index in [0.717, 1.165) is 6.42 Å². The molecule has 0 aliphatic heterocycles. The Morgan fingerprint density at radius 3 is 2.32 bits per heavy atom. The van der Waals surface area contributed by atoms with E-state index in [-0.39, 0.29) is 22.5 Å². The smallest absolute Gasteiger partial charge is 0.328 e. The minimum atomic E-state index is -0.997. The van der Waals surface area contributed by atoms with Crippen molar-refractivity contribution in [3.8, 4) is 0 Å². The highest BCUT2D eigenvalue weighted by molar-refractivity contribution is 6.22. The van der Waals surface area contributed by atoms with Crippen molar-refractivity contribution in [3.63, 3.8) is 0 Å². The van der Waals surface area contributed by atoms with Gasteiger partial charge in [0.1, 0.15) is 11.8 Å². The molecule has 0 aromatic carbocycles. The zero-order valence-electron chi connectivity index (χ0n) is 14.1. The first-order chi connectivity index (χ1) is 10.0. The van der Waals surface area contributed by atoms with Gasteiger partial charge in [0.05, 0.1) is 5.57 Å². The number of carboxylic acid groups (broad SMARTS) is 1. The van der Waals surface area contributed by atoms with Gasteiger partial charge in [-0.1, -0.05) is 27.7 Å². The first-order valence-corrected chi connectivity index (χ1v) is 7.76. The number of aliphatic imine (C=N–C) groups is 1. The molecule has 2 N–H and O–H groups in total. The van der Waals surface area contributed by atoms with E-state index in [4.69, 9.17) is 0 Å². The first kappa shape index (κ1) is 18.4. The Bertz CT molecular complexity index is 515. The summed E-state index contributed by atoms with van der Waals surface area (Å²) in [5.74, 6) is -0.746. The summed E-state index contributed by atoms with van der Waals surface area (Å²) in [4.78, 5) is 27.8. The Hall–Kier alpha value is -1.65. The molecule has 0 bridgehead atoms. The lowest BCUT2D eigenvalue weighted by atomic mass is 9.75. The van der Waals surface area contributed by atoms with Gasteiger partial charge < -0.3 is 10.2 Å². The number of carboxylic acids is 1.